The van der Waals surface area contributed by atoms with Crippen LogP contribution in [0.25, 0.3) is 10.6 Å². The minimum Gasteiger partial charge on any atom is -0.497 e. The van der Waals surface area contributed by atoms with Gasteiger partial charge in [-0.25, -0.2) is 9.37 Å². The van der Waals surface area contributed by atoms with Gasteiger partial charge in [-0.05, 0) is 36.4 Å². The molecule has 1 aliphatic rings. The molecule has 1 fully saturated rings. The van der Waals surface area contributed by atoms with Crippen molar-refractivity contribution in [3.05, 3.63) is 65.4 Å². The lowest BCUT2D eigenvalue weighted by Crippen LogP contribution is -2.46. The van der Waals surface area contributed by atoms with Gasteiger partial charge in [-0.15, -0.1) is 11.3 Å². The number of aromatic nitrogens is 1. The number of hydrogen-bond acceptors (Lipinski definition) is 5. The first-order chi connectivity index (χ1) is 13.2. The second-order valence-corrected chi connectivity index (χ2v) is 7.47. The van der Waals surface area contributed by atoms with E-state index >= 15 is 0 Å². The molecule has 2 heterocycles. The monoisotopic (exact) mass is 383 g/mol. The van der Waals surface area contributed by atoms with Crippen LogP contribution in [0, 0.1) is 5.82 Å². The minimum atomic E-state index is -0.218. The van der Waals surface area contributed by atoms with Gasteiger partial charge in [-0.1, -0.05) is 6.07 Å². The Hall–Kier alpha value is -2.44. The Kier molecular flexibility index (Phi) is 5.36. The fourth-order valence-electron chi connectivity index (χ4n) is 3.31. The van der Waals surface area contributed by atoms with Crippen molar-refractivity contribution in [2.75, 3.05) is 38.2 Å². The lowest BCUT2D eigenvalue weighted by molar-refractivity contribution is 0.247. The Morgan fingerprint density at radius 1 is 1.07 bits per heavy atom. The average molecular weight is 383 g/mol. The molecule has 0 bridgehead atoms. The Morgan fingerprint density at radius 2 is 1.85 bits per heavy atom. The molecule has 0 atom stereocenters. The summed E-state index contributed by atoms with van der Waals surface area (Å²) in [5.74, 6) is 0.676. The van der Waals surface area contributed by atoms with E-state index in [9.17, 15) is 4.39 Å². The smallest absolute Gasteiger partial charge is 0.123 e. The molecule has 3 aromatic rings. The van der Waals surface area contributed by atoms with E-state index in [0.29, 0.717) is 0 Å². The highest BCUT2D eigenvalue weighted by atomic mass is 32.1. The molecule has 0 saturated carbocycles. The zero-order chi connectivity index (χ0) is 18.6. The number of rotatable bonds is 5. The third-order valence-electron chi connectivity index (χ3n) is 4.82. The molecule has 0 unspecified atom stereocenters. The Morgan fingerprint density at radius 3 is 2.59 bits per heavy atom. The van der Waals surface area contributed by atoms with Gasteiger partial charge in [0, 0.05) is 55.4 Å². The zero-order valence-corrected chi connectivity index (χ0v) is 16.1. The van der Waals surface area contributed by atoms with Gasteiger partial charge in [0.1, 0.15) is 16.6 Å². The van der Waals surface area contributed by atoms with Crippen molar-refractivity contribution < 1.29 is 9.13 Å². The zero-order valence-electron chi connectivity index (χ0n) is 15.3. The summed E-state index contributed by atoms with van der Waals surface area (Å²) in [7, 11) is 1.70. The molecule has 0 spiro atoms. The molecule has 1 aromatic heterocycles. The van der Waals surface area contributed by atoms with Crippen molar-refractivity contribution in [2.45, 2.75) is 6.54 Å². The number of anilines is 1. The first-order valence-electron chi connectivity index (χ1n) is 9.03. The summed E-state index contributed by atoms with van der Waals surface area (Å²) in [4.78, 5) is 9.55. The number of hydrogen-bond donors (Lipinski definition) is 0. The number of ether oxygens (including phenoxy) is 1. The highest BCUT2D eigenvalue weighted by Crippen LogP contribution is 2.25. The third kappa shape index (κ3) is 4.28. The number of piperazine rings is 1. The first kappa shape index (κ1) is 17.9. The summed E-state index contributed by atoms with van der Waals surface area (Å²) in [5, 5.41) is 3.05. The molecular weight excluding hydrogens is 361 g/mol. The molecule has 4 rings (SSSR count). The quantitative estimate of drug-likeness (QED) is 0.658. The molecule has 1 saturated heterocycles. The van der Waals surface area contributed by atoms with E-state index in [0.717, 1.165) is 54.7 Å². The van der Waals surface area contributed by atoms with Crippen molar-refractivity contribution in [3.8, 4) is 16.3 Å². The summed E-state index contributed by atoms with van der Waals surface area (Å²) < 4.78 is 18.4. The summed E-state index contributed by atoms with van der Waals surface area (Å²) in [6.45, 7) is 4.83. The molecule has 0 amide bonds. The van der Waals surface area contributed by atoms with E-state index in [4.69, 9.17) is 9.72 Å². The lowest BCUT2D eigenvalue weighted by Gasteiger charge is -2.35. The minimum absolute atomic E-state index is 0.218. The SMILES string of the molecule is COc1cccc(N2CCN(Cc3csc(-c4ccc(F)cc4)n3)CC2)c1. The van der Waals surface area contributed by atoms with Gasteiger partial charge in [0.15, 0.2) is 0 Å². The second kappa shape index (κ2) is 8.06. The number of methoxy groups -OCH3 is 1. The van der Waals surface area contributed by atoms with Crippen LogP contribution in [0.3, 0.4) is 0 Å². The van der Waals surface area contributed by atoms with Crippen LogP contribution in [0.1, 0.15) is 5.69 Å². The van der Waals surface area contributed by atoms with Gasteiger partial charge >= 0.3 is 0 Å². The van der Waals surface area contributed by atoms with Crippen LogP contribution in [0.5, 0.6) is 5.75 Å². The van der Waals surface area contributed by atoms with Crippen molar-refractivity contribution in [1.82, 2.24) is 9.88 Å². The molecule has 0 aliphatic carbocycles. The van der Waals surface area contributed by atoms with Gasteiger partial charge in [0.2, 0.25) is 0 Å². The molecule has 140 valence electrons. The summed E-state index contributed by atoms with van der Waals surface area (Å²) in [6, 6.07) is 14.8. The molecular formula is C21H22FN3OS. The largest absolute Gasteiger partial charge is 0.497 e. The van der Waals surface area contributed by atoms with Crippen LogP contribution < -0.4 is 9.64 Å². The predicted molar refractivity (Wildman–Crippen MR) is 108 cm³/mol. The summed E-state index contributed by atoms with van der Waals surface area (Å²) >= 11 is 1.61. The number of halogens is 1. The number of benzene rings is 2. The Bertz CT molecular complexity index is 888. The van der Waals surface area contributed by atoms with Crippen LogP contribution in [0.2, 0.25) is 0 Å². The topological polar surface area (TPSA) is 28.6 Å². The van der Waals surface area contributed by atoms with Crippen LogP contribution in [0.15, 0.2) is 53.9 Å². The summed E-state index contributed by atoms with van der Waals surface area (Å²) in [6.07, 6.45) is 0. The number of thiazole rings is 1. The van der Waals surface area contributed by atoms with E-state index in [1.165, 1.54) is 17.8 Å². The van der Waals surface area contributed by atoms with Crippen LogP contribution in [0.4, 0.5) is 10.1 Å². The van der Waals surface area contributed by atoms with Gasteiger partial charge < -0.3 is 9.64 Å². The molecule has 6 heteroatoms. The maximum atomic E-state index is 13.1. The van der Waals surface area contributed by atoms with E-state index in [1.807, 2.05) is 12.1 Å². The third-order valence-corrected chi connectivity index (χ3v) is 5.76. The Balaban J connectivity index is 1.35. The molecule has 2 aromatic carbocycles. The van der Waals surface area contributed by atoms with Gasteiger partial charge in [-0.3, -0.25) is 4.90 Å². The fourth-order valence-corrected chi connectivity index (χ4v) is 4.12. The van der Waals surface area contributed by atoms with Crippen molar-refractivity contribution in [2.24, 2.45) is 0 Å². The number of nitrogens with zero attached hydrogens (tertiary/aromatic N) is 3. The molecule has 0 N–H and O–H groups in total. The maximum Gasteiger partial charge on any atom is 0.123 e. The van der Waals surface area contributed by atoms with Crippen LogP contribution >= 0.6 is 11.3 Å². The standard InChI is InChI=1S/C21H22FN3OS/c1-26-20-4-2-3-19(13-20)25-11-9-24(10-12-25)14-18-15-27-21(23-18)16-5-7-17(22)8-6-16/h2-8,13,15H,9-12,14H2,1H3. The fraction of sp³-hybridized carbons (Fsp3) is 0.286. The van der Waals surface area contributed by atoms with Crippen molar-refractivity contribution >= 4 is 17.0 Å². The molecule has 27 heavy (non-hydrogen) atoms. The van der Waals surface area contributed by atoms with E-state index in [1.54, 1.807) is 30.6 Å². The highest BCUT2D eigenvalue weighted by molar-refractivity contribution is 7.13. The predicted octanol–water partition coefficient (Wildman–Crippen LogP) is 4.28. The van der Waals surface area contributed by atoms with Crippen LogP contribution in [-0.2, 0) is 6.54 Å². The van der Waals surface area contributed by atoms with E-state index in [-0.39, 0.29) is 5.82 Å². The first-order valence-corrected chi connectivity index (χ1v) is 9.91. The maximum absolute atomic E-state index is 13.1. The van der Waals surface area contributed by atoms with E-state index in [2.05, 4.69) is 27.3 Å². The van der Waals surface area contributed by atoms with Crippen LogP contribution in [-0.4, -0.2) is 43.2 Å². The normalized spacial score (nSPS) is 15.1. The molecule has 1 aliphatic heterocycles. The van der Waals surface area contributed by atoms with E-state index < -0.39 is 0 Å². The molecule has 4 nitrogen and oxygen atoms in total. The van der Waals surface area contributed by atoms with Gasteiger partial charge in [0.05, 0.1) is 12.8 Å². The van der Waals surface area contributed by atoms with Crippen molar-refractivity contribution in [3.63, 3.8) is 0 Å². The van der Waals surface area contributed by atoms with Crippen molar-refractivity contribution in [1.29, 1.82) is 0 Å². The highest BCUT2D eigenvalue weighted by Gasteiger charge is 2.18. The average Bonchev–Trinajstić information content (AvgIpc) is 3.17. The van der Waals surface area contributed by atoms with Gasteiger partial charge in [-0.2, -0.15) is 0 Å². The second-order valence-electron chi connectivity index (χ2n) is 6.62. The van der Waals surface area contributed by atoms with Gasteiger partial charge in [0.25, 0.3) is 0 Å². The molecule has 0 radical (unpaired) electrons. The summed E-state index contributed by atoms with van der Waals surface area (Å²) in [5.41, 5.74) is 3.26. The Labute approximate surface area is 162 Å². The lowest BCUT2D eigenvalue weighted by atomic mass is 10.2.